The van der Waals surface area contributed by atoms with Gasteiger partial charge < -0.3 is 10.4 Å². The lowest BCUT2D eigenvalue weighted by Crippen LogP contribution is -2.05. The first-order valence-corrected chi connectivity index (χ1v) is 7.16. The van der Waals surface area contributed by atoms with E-state index >= 15 is 0 Å². The van der Waals surface area contributed by atoms with E-state index in [1.165, 1.54) is 23.5 Å². The molecule has 4 nitrogen and oxygen atoms in total. The molecule has 0 aliphatic heterocycles. The fraction of sp³-hybridized carbons (Fsp3) is 0.286. The van der Waals surface area contributed by atoms with Crippen molar-refractivity contribution < 1.29 is 14.3 Å². The van der Waals surface area contributed by atoms with E-state index in [0.29, 0.717) is 19.4 Å². The highest BCUT2D eigenvalue weighted by Gasteiger charge is 2.04. The highest BCUT2D eigenvalue weighted by atomic mass is 32.1. The molecule has 0 bridgehead atoms. The summed E-state index contributed by atoms with van der Waals surface area (Å²) in [7, 11) is 0. The molecule has 0 aliphatic carbocycles. The number of anilines is 1. The number of aromatic nitrogens is 1. The van der Waals surface area contributed by atoms with Crippen LogP contribution in [0, 0.1) is 5.82 Å². The van der Waals surface area contributed by atoms with Gasteiger partial charge in [-0.05, 0) is 24.1 Å². The summed E-state index contributed by atoms with van der Waals surface area (Å²) in [5.74, 6) is -1.05. The fourth-order valence-electron chi connectivity index (χ4n) is 1.74. The summed E-state index contributed by atoms with van der Waals surface area (Å²) in [6.07, 6.45) is 1.24. The Morgan fingerprint density at radius 3 is 3.00 bits per heavy atom. The minimum atomic E-state index is -0.821. The average molecular weight is 294 g/mol. The lowest BCUT2D eigenvalue weighted by molar-refractivity contribution is -0.136. The second kappa shape index (κ2) is 7.00. The molecule has 1 aromatic carbocycles. The molecule has 0 unspecified atom stereocenters. The molecule has 2 N–H and O–H groups in total. The summed E-state index contributed by atoms with van der Waals surface area (Å²) < 4.78 is 13.0. The molecule has 0 aliphatic rings. The summed E-state index contributed by atoms with van der Waals surface area (Å²) in [5.41, 5.74) is 1.71. The van der Waals surface area contributed by atoms with Crippen molar-refractivity contribution in [2.24, 2.45) is 0 Å². The number of halogens is 1. The zero-order chi connectivity index (χ0) is 14.4. The Balaban J connectivity index is 1.78. The third-order valence-corrected chi connectivity index (χ3v) is 3.57. The molecular formula is C14H15FN2O2S. The number of nitrogens with one attached hydrogen (secondary N) is 1. The number of aliphatic carboxylic acids is 1. The minimum Gasteiger partial charge on any atom is -0.481 e. The number of hydrogen-bond donors (Lipinski definition) is 2. The molecule has 20 heavy (non-hydrogen) atoms. The van der Waals surface area contributed by atoms with Crippen molar-refractivity contribution >= 4 is 22.4 Å². The average Bonchev–Trinajstić information content (AvgIpc) is 2.84. The lowest BCUT2D eigenvalue weighted by atomic mass is 10.1. The van der Waals surface area contributed by atoms with E-state index in [9.17, 15) is 9.18 Å². The SMILES string of the molecule is O=C(O)CCc1csc(NCCc2cccc(F)c2)n1. The maximum Gasteiger partial charge on any atom is 0.303 e. The summed E-state index contributed by atoms with van der Waals surface area (Å²) in [6.45, 7) is 0.662. The summed E-state index contributed by atoms with van der Waals surface area (Å²) in [4.78, 5) is 14.8. The number of benzene rings is 1. The largest absolute Gasteiger partial charge is 0.481 e. The van der Waals surface area contributed by atoms with E-state index < -0.39 is 5.97 Å². The molecule has 2 rings (SSSR count). The maximum absolute atomic E-state index is 13.0. The van der Waals surface area contributed by atoms with Gasteiger partial charge in [0.1, 0.15) is 5.82 Å². The third kappa shape index (κ3) is 4.62. The number of aryl methyl sites for hydroxylation is 1. The number of thiazole rings is 1. The molecule has 0 fully saturated rings. The van der Waals surface area contributed by atoms with Crippen LogP contribution in [0.15, 0.2) is 29.6 Å². The molecule has 0 atom stereocenters. The first kappa shape index (κ1) is 14.5. The van der Waals surface area contributed by atoms with Crippen molar-refractivity contribution in [3.05, 3.63) is 46.7 Å². The highest BCUT2D eigenvalue weighted by molar-refractivity contribution is 7.13. The van der Waals surface area contributed by atoms with Crippen LogP contribution in [-0.4, -0.2) is 22.6 Å². The van der Waals surface area contributed by atoms with E-state index in [-0.39, 0.29) is 12.2 Å². The summed E-state index contributed by atoms with van der Waals surface area (Å²) in [5, 5.41) is 14.4. The maximum atomic E-state index is 13.0. The monoisotopic (exact) mass is 294 g/mol. The zero-order valence-electron chi connectivity index (χ0n) is 10.8. The van der Waals surface area contributed by atoms with Crippen molar-refractivity contribution in [2.45, 2.75) is 19.3 Å². The smallest absolute Gasteiger partial charge is 0.303 e. The molecule has 0 saturated carbocycles. The van der Waals surface area contributed by atoms with Crippen LogP contribution in [0.3, 0.4) is 0 Å². The Hall–Kier alpha value is -1.95. The molecule has 106 valence electrons. The number of carbonyl (C=O) groups is 1. The van der Waals surface area contributed by atoms with E-state index in [0.717, 1.165) is 16.4 Å². The first-order chi connectivity index (χ1) is 9.63. The van der Waals surface area contributed by atoms with Crippen molar-refractivity contribution in [2.75, 3.05) is 11.9 Å². The van der Waals surface area contributed by atoms with Crippen molar-refractivity contribution in [3.63, 3.8) is 0 Å². The Labute approximate surface area is 120 Å². The van der Waals surface area contributed by atoms with Crippen molar-refractivity contribution in [1.82, 2.24) is 4.98 Å². The molecule has 1 aromatic heterocycles. The van der Waals surface area contributed by atoms with Gasteiger partial charge in [-0.15, -0.1) is 11.3 Å². The topological polar surface area (TPSA) is 62.2 Å². The number of carboxylic acids is 1. The van der Waals surface area contributed by atoms with Gasteiger partial charge in [0, 0.05) is 18.3 Å². The van der Waals surface area contributed by atoms with Gasteiger partial charge in [0.15, 0.2) is 5.13 Å². The molecule has 1 heterocycles. The van der Waals surface area contributed by atoms with Crippen molar-refractivity contribution in [3.8, 4) is 0 Å². The Kier molecular flexibility index (Phi) is 5.06. The van der Waals surface area contributed by atoms with E-state index in [1.54, 1.807) is 6.07 Å². The minimum absolute atomic E-state index is 0.0897. The van der Waals surface area contributed by atoms with Crippen LogP contribution in [0.25, 0.3) is 0 Å². The van der Waals surface area contributed by atoms with Gasteiger partial charge in [0.2, 0.25) is 0 Å². The van der Waals surface area contributed by atoms with Gasteiger partial charge in [-0.2, -0.15) is 0 Å². The van der Waals surface area contributed by atoms with Crippen LogP contribution in [0.1, 0.15) is 17.7 Å². The molecule has 0 radical (unpaired) electrons. The number of carboxylic acid groups (broad SMARTS) is 1. The van der Waals surface area contributed by atoms with E-state index in [1.807, 2.05) is 11.4 Å². The van der Waals surface area contributed by atoms with Crippen molar-refractivity contribution in [1.29, 1.82) is 0 Å². The molecule has 6 heteroatoms. The third-order valence-electron chi connectivity index (χ3n) is 2.73. The second-order valence-electron chi connectivity index (χ2n) is 4.34. The predicted octanol–water partition coefficient (Wildman–Crippen LogP) is 2.95. The van der Waals surface area contributed by atoms with Crippen LogP contribution < -0.4 is 5.32 Å². The van der Waals surface area contributed by atoms with Gasteiger partial charge in [-0.25, -0.2) is 9.37 Å². The quantitative estimate of drug-likeness (QED) is 0.824. The number of nitrogens with zero attached hydrogens (tertiary/aromatic N) is 1. The van der Waals surface area contributed by atoms with Crippen LogP contribution in [0.4, 0.5) is 9.52 Å². The molecule has 0 saturated heterocycles. The Morgan fingerprint density at radius 1 is 1.40 bits per heavy atom. The molecule has 0 spiro atoms. The number of rotatable bonds is 7. The molecular weight excluding hydrogens is 279 g/mol. The molecule has 0 amide bonds. The van der Waals surface area contributed by atoms with Gasteiger partial charge in [0.05, 0.1) is 12.1 Å². The lowest BCUT2D eigenvalue weighted by Gasteiger charge is -2.03. The summed E-state index contributed by atoms with van der Waals surface area (Å²) in [6, 6.07) is 6.51. The fourth-order valence-corrected chi connectivity index (χ4v) is 2.52. The van der Waals surface area contributed by atoms with E-state index in [4.69, 9.17) is 5.11 Å². The van der Waals surface area contributed by atoms with Crippen LogP contribution in [0.2, 0.25) is 0 Å². The normalized spacial score (nSPS) is 10.4. The highest BCUT2D eigenvalue weighted by Crippen LogP contribution is 2.16. The Bertz CT molecular complexity index is 586. The number of hydrogen-bond acceptors (Lipinski definition) is 4. The van der Waals surface area contributed by atoms with Crippen LogP contribution in [-0.2, 0) is 17.6 Å². The van der Waals surface area contributed by atoms with Gasteiger partial charge in [-0.1, -0.05) is 12.1 Å². The van der Waals surface area contributed by atoms with Gasteiger partial charge in [-0.3, -0.25) is 4.79 Å². The van der Waals surface area contributed by atoms with E-state index in [2.05, 4.69) is 10.3 Å². The first-order valence-electron chi connectivity index (χ1n) is 6.28. The van der Waals surface area contributed by atoms with Gasteiger partial charge in [0.25, 0.3) is 0 Å². The summed E-state index contributed by atoms with van der Waals surface area (Å²) >= 11 is 1.45. The molecule has 2 aromatic rings. The zero-order valence-corrected chi connectivity index (χ0v) is 11.6. The van der Waals surface area contributed by atoms with Gasteiger partial charge >= 0.3 is 5.97 Å². The van der Waals surface area contributed by atoms with Crippen LogP contribution >= 0.6 is 11.3 Å². The Morgan fingerprint density at radius 2 is 2.25 bits per heavy atom. The van der Waals surface area contributed by atoms with Crippen LogP contribution in [0.5, 0.6) is 0 Å². The predicted molar refractivity (Wildman–Crippen MR) is 76.7 cm³/mol. The standard InChI is InChI=1S/C14H15FN2O2S/c15-11-3-1-2-10(8-11)6-7-16-14-17-12(9-20-14)4-5-13(18)19/h1-3,8-9H,4-7H2,(H,16,17)(H,18,19). The second-order valence-corrected chi connectivity index (χ2v) is 5.20.